The molecule has 1 aromatic rings. The van der Waals surface area contributed by atoms with Crippen molar-refractivity contribution in [1.29, 1.82) is 0 Å². The Kier molecular flexibility index (Phi) is 6.32. The molecular formula is C14H21NO4. The number of methoxy groups -OCH3 is 2. The highest BCUT2D eigenvalue weighted by Crippen LogP contribution is 2.16. The Labute approximate surface area is 113 Å². The fraction of sp³-hybridized carbons (Fsp3) is 0.500. The van der Waals surface area contributed by atoms with Gasteiger partial charge in [0.15, 0.2) is 0 Å². The molecule has 1 rings (SSSR count). The van der Waals surface area contributed by atoms with Gasteiger partial charge < -0.3 is 19.5 Å². The molecule has 0 amide bonds. The van der Waals surface area contributed by atoms with E-state index in [2.05, 4.69) is 10.1 Å². The van der Waals surface area contributed by atoms with Gasteiger partial charge >= 0.3 is 5.97 Å². The summed E-state index contributed by atoms with van der Waals surface area (Å²) in [6.45, 7) is 2.65. The maximum atomic E-state index is 11.3. The van der Waals surface area contributed by atoms with Gasteiger partial charge in [-0.3, -0.25) is 0 Å². The average Bonchev–Trinajstić information content (AvgIpc) is 2.44. The predicted octanol–water partition coefficient (Wildman–Crippen LogP) is 1.47. The number of rotatable bonds is 7. The molecule has 0 aliphatic carbocycles. The molecule has 1 aromatic carbocycles. The Morgan fingerprint density at radius 3 is 2.37 bits per heavy atom. The van der Waals surface area contributed by atoms with Gasteiger partial charge in [-0.2, -0.15) is 0 Å². The number of esters is 1. The van der Waals surface area contributed by atoms with Crippen molar-refractivity contribution in [1.82, 2.24) is 5.32 Å². The van der Waals surface area contributed by atoms with Gasteiger partial charge in [0.1, 0.15) is 18.0 Å². The monoisotopic (exact) mass is 267 g/mol. The molecule has 1 N–H and O–H groups in total. The summed E-state index contributed by atoms with van der Waals surface area (Å²) < 4.78 is 15.8. The zero-order valence-electron chi connectivity index (χ0n) is 11.8. The van der Waals surface area contributed by atoms with Crippen molar-refractivity contribution in [2.75, 3.05) is 27.8 Å². The van der Waals surface area contributed by atoms with Crippen LogP contribution in [0.15, 0.2) is 24.3 Å². The molecule has 0 heterocycles. The van der Waals surface area contributed by atoms with Crippen LogP contribution in [-0.2, 0) is 9.47 Å². The van der Waals surface area contributed by atoms with E-state index in [0.717, 1.165) is 0 Å². The molecule has 5 heteroatoms. The fourth-order valence-corrected chi connectivity index (χ4v) is 1.72. The number of hydrogen-bond acceptors (Lipinski definition) is 5. The van der Waals surface area contributed by atoms with Crippen LogP contribution < -0.4 is 10.1 Å². The Bertz CT molecular complexity index is 391. The van der Waals surface area contributed by atoms with Gasteiger partial charge in [0.2, 0.25) is 0 Å². The summed E-state index contributed by atoms with van der Waals surface area (Å²) in [6, 6.07) is 6.84. The lowest BCUT2D eigenvalue weighted by Gasteiger charge is -2.23. The Morgan fingerprint density at radius 1 is 1.26 bits per heavy atom. The van der Waals surface area contributed by atoms with E-state index in [9.17, 15) is 4.79 Å². The lowest BCUT2D eigenvalue weighted by Crippen LogP contribution is -2.38. The molecule has 19 heavy (non-hydrogen) atoms. The Morgan fingerprint density at radius 2 is 1.89 bits per heavy atom. The molecule has 0 unspecified atom stereocenters. The van der Waals surface area contributed by atoms with Crippen molar-refractivity contribution in [3.05, 3.63) is 29.8 Å². The van der Waals surface area contributed by atoms with E-state index < -0.39 is 0 Å². The first-order valence-electron chi connectivity index (χ1n) is 6.14. The second-order valence-electron chi connectivity index (χ2n) is 4.17. The first kappa shape index (κ1) is 15.5. The van der Waals surface area contributed by atoms with Gasteiger partial charge in [0.25, 0.3) is 0 Å². The normalized spacial score (nSPS) is 13.7. The molecule has 106 valence electrons. The maximum absolute atomic E-state index is 11.3. The van der Waals surface area contributed by atoms with Gasteiger partial charge in [-0.05, 0) is 38.2 Å². The molecule has 0 aliphatic heterocycles. The van der Waals surface area contributed by atoms with Gasteiger partial charge in [0.05, 0.1) is 12.7 Å². The Hall–Kier alpha value is -1.59. The maximum Gasteiger partial charge on any atom is 0.337 e. The SMILES string of the molecule is CNC[C@@H](OC)[C@H](C)Oc1ccc(C(=O)OC)cc1. The molecule has 0 fully saturated rings. The standard InChI is InChI=1S/C14H21NO4/c1-10(13(17-3)9-15-2)19-12-7-5-11(6-8-12)14(16)18-4/h5-8,10,13,15H,9H2,1-4H3/t10-,13+/m0/s1. The number of benzene rings is 1. The van der Waals surface area contributed by atoms with Crippen LogP contribution in [0.3, 0.4) is 0 Å². The van der Waals surface area contributed by atoms with E-state index >= 15 is 0 Å². The number of nitrogens with one attached hydrogen (secondary N) is 1. The van der Waals surface area contributed by atoms with Crippen molar-refractivity contribution < 1.29 is 19.0 Å². The van der Waals surface area contributed by atoms with E-state index in [1.54, 1.807) is 31.4 Å². The number of carbonyl (C=O) groups is 1. The molecule has 0 saturated heterocycles. The molecule has 2 atom stereocenters. The molecule has 0 radical (unpaired) electrons. The van der Waals surface area contributed by atoms with E-state index in [4.69, 9.17) is 9.47 Å². The van der Waals surface area contributed by atoms with Crippen molar-refractivity contribution in [3.63, 3.8) is 0 Å². The quantitative estimate of drug-likeness (QED) is 0.758. The van der Waals surface area contributed by atoms with Crippen LogP contribution in [0.4, 0.5) is 0 Å². The fourth-order valence-electron chi connectivity index (χ4n) is 1.72. The zero-order chi connectivity index (χ0) is 14.3. The highest BCUT2D eigenvalue weighted by molar-refractivity contribution is 5.89. The van der Waals surface area contributed by atoms with Crippen LogP contribution in [-0.4, -0.2) is 46.0 Å². The molecule has 5 nitrogen and oxygen atoms in total. The van der Waals surface area contributed by atoms with Gasteiger partial charge in [0, 0.05) is 13.7 Å². The number of ether oxygens (including phenoxy) is 3. The van der Waals surface area contributed by atoms with Crippen LogP contribution in [0.25, 0.3) is 0 Å². The third kappa shape index (κ3) is 4.54. The molecule has 0 saturated carbocycles. The summed E-state index contributed by atoms with van der Waals surface area (Å²) in [5, 5.41) is 3.05. The van der Waals surface area contributed by atoms with E-state index in [0.29, 0.717) is 17.9 Å². The smallest absolute Gasteiger partial charge is 0.337 e. The van der Waals surface area contributed by atoms with Crippen LogP contribution in [0.5, 0.6) is 5.75 Å². The summed E-state index contributed by atoms with van der Waals surface area (Å²) >= 11 is 0. The van der Waals surface area contributed by atoms with Crippen LogP contribution in [0.2, 0.25) is 0 Å². The summed E-state index contributed by atoms with van der Waals surface area (Å²) in [4.78, 5) is 11.3. The van der Waals surface area contributed by atoms with Crippen LogP contribution >= 0.6 is 0 Å². The third-order valence-corrected chi connectivity index (χ3v) is 2.83. The lowest BCUT2D eigenvalue weighted by atomic mass is 10.2. The lowest BCUT2D eigenvalue weighted by molar-refractivity contribution is 0.0128. The average molecular weight is 267 g/mol. The second kappa shape index (κ2) is 7.76. The highest BCUT2D eigenvalue weighted by Gasteiger charge is 2.17. The molecule has 0 aromatic heterocycles. The topological polar surface area (TPSA) is 56.8 Å². The Balaban J connectivity index is 2.64. The summed E-state index contributed by atoms with van der Waals surface area (Å²) in [7, 11) is 4.88. The molecular weight excluding hydrogens is 246 g/mol. The minimum absolute atomic E-state index is 0.0368. The van der Waals surface area contributed by atoms with Crippen molar-refractivity contribution in [3.8, 4) is 5.75 Å². The second-order valence-corrected chi connectivity index (χ2v) is 4.17. The highest BCUT2D eigenvalue weighted by atomic mass is 16.5. The minimum atomic E-state index is -0.357. The van der Waals surface area contributed by atoms with Gasteiger partial charge in [-0.25, -0.2) is 4.79 Å². The van der Waals surface area contributed by atoms with Crippen LogP contribution in [0, 0.1) is 0 Å². The largest absolute Gasteiger partial charge is 0.488 e. The summed E-state index contributed by atoms with van der Waals surface area (Å²) in [6.07, 6.45) is -0.133. The summed E-state index contributed by atoms with van der Waals surface area (Å²) in [5.74, 6) is 0.336. The zero-order valence-corrected chi connectivity index (χ0v) is 11.8. The van der Waals surface area contributed by atoms with E-state index in [1.807, 2.05) is 14.0 Å². The molecule has 0 spiro atoms. The van der Waals surface area contributed by atoms with Crippen LogP contribution in [0.1, 0.15) is 17.3 Å². The number of carbonyl (C=O) groups excluding carboxylic acids is 1. The first-order valence-corrected chi connectivity index (χ1v) is 6.14. The van der Waals surface area contributed by atoms with E-state index in [1.165, 1.54) is 7.11 Å². The number of hydrogen-bond donors (Lipinski definition) is 1. The predicted molar refractivity (Wildman–Crippen MR) is 72.6 cm³/mol. The van der Waals surface area contributed by atoms with Crippen molar-refractivity contribution in [2.45, 2.75) is 19.1 Å². The van der Waals surface area contributed by atoms with Gasteiger partial charge in [-0.1, -0.05) is 0 Å². The summed E-state index contributed by atoms with van der Waals surface area (Å²) in [5.41, 5.74) is 0.501. The minimum Gasteiger partial charge on any atom is -0.488 e. The number of likely N-dealkylation sites (N-methyl/N-ethyl adjacent to an activating group) is 1. The molecule has 0 bridgehead atoms. The van der Waals surface area contributed by atoms with Crippen molar-refractivity contribution in [2.24, 2.45) is 0 Å². The first-order chi connectivity index (χ1) is 9.12. The van der Waals surface area contributed by atoms with Crippen molar-refractivity contribution >= 4 is 5.97 Å². The third-order valence-electron chi connectivity index (χ3n) is 2.83. The van der Waals surface area contributed by atoms with Gasteiger partial charge in [-0.15, -0.1) is 0 Å². The molecule has 0 aliphatic rings. The van der Waals surface area contributed by atoms with E-state index in [-0.39, 0.29) is 18.2 Å².